The highest BCUT2D eigenvalue weighted by atomic mass is 19.4. The minimum atomic E-state index is -4.44. The molecule has 0 saturated heterocycles. The molecule has 17 heavy (non-hydrogen) atoms. The molecule has 1 aromatic rings. The van der Waals surface area contributed by atoms with E-state index in [4.69, 9.17) is 5.11 Å². The lowest BCUT2D eigenvalue weighted by molar-refractivity contribution is -0.137. The van der Waals surface area contributed by atoms with Crippen molar-refractivity contribution in [3.8, 4) is 0 Å². The van der Waals surface area contributed by atoms with Crippen LogP contribution >= 0.6 is 0 Å². The number of rotatable bonds is 2. The molecule has 0 radical (unpaired) electrons. The van der Waals surface area contributed by atoms with Crippen molar-refractivity contribution in [3.05, 3.63) is 35.4 Å². The van der Waals surface area contributed by atoms with Gasteiger partial charge in [0.1, 0.15) is 0 Å². The molecule has 94 valence electrons. The van der Waals surface area contributed by atoms with Crippen LogP contribution in [0.2, 0.25) is 0 Å². The first-order valence-corrected chi connectivity index (χ1v) is 4.82. The SMILES string of the molecule is CC(C)(NC(=O)O)c1cccc(C(F)(F)F)c1. The van der Waals surface area contributed by atoms with Gasteiger partial charge in [0.15, 0.2) is 0 Å². The van der Waals surface area contributed by atoms with Crippen molar-refractivity contribution in [1.29, 1.82) is 0 Å². The van der Waals surface area contributed by atoms with Gasteiger partial charge in [-0.3, -0.25) is 0 Å². The fourth-order valence-electron chi connectivity index (χ4n) is 1.42. The molecule has 0 heterocycles. The summed E-state index contributed by atoms with van der Waals surface area (Å²) in [4.78, 5) is 10.5. The van der Waals surface area contributed by atoms with E-state index in [1.165, 1.54) is 26.0 Å². The van der Waals surface area contributed by atoms with Gasteiger partial charge in [-0.1, -0.05) is 12.1 Å². The number of amides is 1. The number of carboxylic acid groups (broad SMARTS) is 1. The smallest absolute Gasteiger partial charge is 0.416 e. The van der Waals surface area contributed by atoms with E-state index in [0.29, 0.717) is 0 Å². The maximum absolute atomic E-state index is 12.5. The van der Waals surface area contributed by atoms with Crippen molar-refractivity contribution in [2.24, 2.45) is 0 Å². The second-order valence-corrected chi connectivity index (χ2v) is 4.13. The first kappa shape index (κ1) is 13.3. The monoisotopic (exact) mass is 247 g/mol. The van der Waals surface area contributed by atoms with Gasteiger partial charge in [0.25, 0.3) is 0 Å². The van der Waals surface area contributed by atoms with Gasteiger partial charge in [-0.2, -0.15) is 13.2 Å². The maximum atomic E-state index is 12.5. The van der Waals surface area contributed by atoms with Gasteiger partial charge in [-0.25, -0.2) is 4.79 Å². The van der Waals surface area contributed by atoms with Gasteiger partial charge in [0, 0.05) is 0 Å². The van der Waals surface area contributed by atoms with E-state index in [9.17, 15) is 18.0 Å². The summed E-state index contributed by atoms with van der Waals surface area (Å²) in [7, 11) is 0. The Morgan fingerprint density at radius 2 is 1.76 bits per heavy atom. The Kier molecular flexibility index (Phi) is 3.35. The van der Waals surface area contributed by atoms with Crippen LogP contribution in [0.1, 0.15) is 25.0 Å². The fraction of sp³-hybridized carbons (Fsp3) is 0.364. The Bertz CT molecular complexity index is 427. The number of nitrogens with one attached hydrogen (secondary N) is 1. The predicted octanol–water partition coefficient (Wildman–Crippen LogP) is 3.21. The van der Waals surface area contributed by atoms with Gasteiger partial charge >= 0.3 is 12.3 Å². The lowest BCUT2D eigenvalue weighted by atomic mass is 9.93. The lowest BCUT2D eigenvalue weighted by Crippen LogP contribution is -2.40. The number of hydrogen-bond acceptors (Lipinski definition) is 1. The van der Waals surface area contributed by atoms with Crippen LogP contribution in [0.25, 0.3) is 0 Å². The molecule has 0 aliphatic rings. The summed E-state index contributed by atoms with van der Waals surface area (Å²) in [5, 5.41) is 10.8. The molecular formula is C11H12F3NO2. The summed E-state index contributed by atoms with van der Waals surface area (Å²) in [5.74, 6) is 0. The van der Waals surface area contributed by atoms with E-state index in [1.54, 1.807) is 0 Å². The van der Waals surface area contributed by atoms with E-state index < -0.39 is 23.4 Å². The third-order valence-corrected chi connectivity index (χ3v) is 2.33. The topological polar surface area (TPSA) is 49.3 Å². The molecule has 2 N–H and O–H groups in total. The van der Waals surface area contributed by atoms with Crippen LogP contribution in [0, 0.1) is 0 Å². The molecule has 0 fully saturated rings. The van der Waals surface area contributed by atoms with E-state index in [-0.39, 0.29) is 5.56 Å². The summed E-state index contributed by atoms with van der Waals surface area (Å²) < 4.78 is 37.4. The summed E-state index contributed by atoms with van der Waals surface area (Å²) in [6, 6.07) is 4.59. The molecular weight excluding hydrogens is 235 g/mol. The van der Waals surface area contributed by atoms with Crippen molar-refractivity contribution in [2.45, 2.75) is 25.6 Å². The molecule has 0 spiro atoms. The van der Waals surface area contributed by atoms with Crippen molar-refractivity contribution in [2.75, 3.05) is 0 Å². The molecule has 0 bridgehead atoms. The molecule has 1 rings (SSSR count). The predicted molar refractivity (Wildman–Crippen MR) is 55.6 cm³/mol. The Morgan fingerprint density at radius 3 is 2.24 bits per heavy atom. The number of halogens is 3. The fourth-order valence-corrected chi connectivity index (χ4v) is 1.42. The third kappa shape index (κ3) is 3.37. The molecule has 1 aromatic carbocycles. The molecule has 0 atom stereocenters. The minimum absolute atomic E-state index is 0.259. The van der Waals surface area contributed by atoms with Gasteiger partial charge in [-0.05, 0) is 31.5 Å². The summed E-state index contributed by atoms with van der Waals surface area (Å²) >= 11 is 0. The molecule has 0 saturated carbocycles. The second-order valence-electron chi connectivity index (χ2n) is 4.13. The molecule has 0 aliphatic heterocycles. The lowest BCUT2D eigenvalue weighted by Gasteiger charge is -2.25. The van der Waals surface area contributed by atoms with Crippen LogP contribution in [0.3, 0.4) is 0 Å². The average Bonchev–Trinajstić information content (AvgIpc) is 2.14. The minimum Gasteiger partial charge on any atom is -0.465 e. The standard InChI is InChI=1S/C11H12F3NO2/c1-10(2,15-9(16)17)7-4-3-5-8(6-7)11(12,13)14/h3-6,15H,1-2H3,(H,16,17). The van der Waals surface area contributed by atoms with Gasteiger partial charge < -0.3 is 10.4 Å². The molecule has 0 aliphatic carbocycles. The Balaban J connectivity index is 3.11. The summed E-state index contributed by atoms with van der Waals surface area (Å²) in [5.41, 5.74) is -1.61. The molecule has 1 amide bonds. The van der Waals surface area contributed by atoms with Gasteiger partial charge in [0.05, 0.1) is 11.1 Å². The quantitative estimate of drug-likeness (QED) is 0.843. The molecule has 0 aromatic heterocycles. The van der Waals surface area contributed by atoms with Crippen molar-refractivity contribution in [3.63, 3.8) is 0 Å². The van der Waals surface area contributed by atoms with Crippen LogP contribution < -0.4 is 5.32 Å². The highest BCUT2D eigenvalue weighted by Crippen LogP contribution is 2.31. The zero-order chi connectivity index (χ0) is 13.3. The first-order chi connectivity index (χ1) is 7.63. The largest absolute Gasteiger partial charge is 0.465 e. The van der Waals surface area contributed by atoms with Crippen molar-refractivity contribution in [1.82, 2.24) is 5.32 Å². The third-order valence-electron chi connectivity index (χ3n) is 2.33. The number of carbonyl (C=O) groups is 1. The second kappa shape index (κ2) is 4.27. The Hall–Kier alpha value is -1.72. The molecule has 0 unspecified atom stereocenters. The number of hydrogen-bond donors (Lipinski definition) is 2. The van der Waals surface area contributed by atoms with Crippen LogP contribution in [0.15, 0.2) is 24.3 Å². The zero-order valence-electron chi connectivity index (χ0n) is 9.30. The van der Waals surface area contributed by atoms with Crippen LogP contribution in [0.5, 0.6) is 0 Å². The van der Waals surface area contributed by atoms with Crippen LogP contribution in [-0.4, -0.2) is 11.2 Å². The van der Waals surface area contributed by atoms with Gasteiger partial charge in [-0.15, -0.1) is 0 Å². The Labute approximate surface area is 96.3 Å². The molecule has 6 heteroatoms. The zero-order valence-corrected chi connectivity index (χ0v) is 9.30. The van der Waals surface area contributed by atoms with Crippen molar-refractivity contribution < 1.29 is 23.1 Å². The number of alkyl halides is 3. The van der Waals surface area contributed by atoms with Crippen LogP contribution in [0.4, 0.5) is 18.0 Å². The normalized spacial score (nSPS) is 12.3. The van der Waals surface area contributed by atoms with E-state index in [2.05, 4.69) is 5.32 Å². The van der Waals surface area contributed by atoms with Crippen LogP contribution in [-0.2, 0) is 11.7 Å². The Morgan fingerprint density at radius 1 is 1.24 bits per heavy atom. The highest BCUT2D eigenvalue weighted by Gasteiger charge is 2.32. The maximum Gasteiger partial charge on any atom is 0.416 e. The number of benzene rings is 1. The van der Waals surface area contributed by atoms with E-state index in [1.807, 2.05) is 0 Å². The average molecular weight is 247 g/mol. The van der Waals surface area contributed by atoms with Crippen molar-refractivity contribution >= 4 is 6.09 Å². The summed E-state index contributed by atoms with van der Waals surface area (Å²) in [6.45, 7) is 2.99. The van der Waals surface area contributed by atoms with E-state index in [0.717, 1.165) is 12.1 Å². The van der Waals surface area contributed by atoms with Gasteiger partial charge in [0.2, 0.25) is 0 Å². The molecule has 3 nitrogen and oxygen atoms in total. The van der Waals surface area contributed by atoms with E-state index >= 15 is 0 Å². The highest BCUT2D eigenvalue weighted by molar-refractivity contribution is 5.66. The summed E-state index contributed by atoms with van der Waals surface area (Å²) in [6.07, 6.45) is -5.72. The first-order valence-electron chi connectivity index (χ1n) is 4.82.